The molecule has 0 fully saturated rings. The summed E-state index contributed by atoms with van der Waals surface area (Å²) in [6.07, 6.45) is 0. The predicted octanol–water partition coefficient (Wildman–Crippen LogP) is -5.33. The smallest absolute Gasteiger partial charge is 0 e. The number of rotatable bonds is 0. The van der Waals surface area contributed by atoms with E-state index >= 15 is 0 Å². The minimum absolute atomic E-state index is 0. The van der Waals surface area contributed by atoms with E-state index in [1.54, 1.807) is 0 Å². The topological polar surface area (TPSA) is 189 Å². The maximum atomic E-state index is 0. The molecule has 0 unspecified atom stereocenters. The van der Waals surface area contributed by atoms with E-state index in [0.717, 1.165) is 0 Å². The summed E-state index contributed by atoms with van der Waals surface area (Å²) in [7, 11) is 0. The molecule has 0 aliphatic carbocycles. The molecule has 0 aromatic carbocycles. The third-order valence-corrected chi connectivity index (χ3v) is 0. The van der Waals surface area contributed by atoms with E-state index in [4.69, 9.17) is 0 Å². The predicted molar refractivity (Wildman–Crippen MR) is 27.4 cm³/mol. The van der Waals surface area contributed by atoms with E-state index < -0.39 is 0 Å². The second-order valence-corrected chi connectivity index (χ2v) is 0. The fourth-order valence-corrected chi connectivity index (χ4v) is 0. The summed E-state index contributed by atoms with van der Waals surface area (Å²) in [5, 5.41) is 0. The van der Waals surface area contributed by atoms with Crippen LogP contribution < -0.4 is 0 Å². The average Bonchev–Trinajstić information content (AvgIpc) is 0. The van der Waals surface area contributed by atoms with Gasteiger partial charge in [-0.3, -0.25) is 0 Å². The molecule has 2 radical (unpaired) electrons. The van der Waals surface area contributed by atoms with Crippen molar-refractivity contribution in [2.45, 2.75) is 0 Å². The van der Waals surface area contributed by atoms with Gasteiger partial charge in [0.05, 0.1) is 0 Å². The molecular formula is H12O6Sr. The minimum Gasteiger partial charge on any atom is -0.412 e. The SMILES string of the molecule is O.O.O.O.O.O.[Sr]. The van der Waals surface area contributed by atoms with Crippen molar-refractivity contribution in [2.75, 3.05) is 0 Å². The Kier molecular flexibility index (Phi) is 7350. The zero-order valence-electron chi connectivity index (χ0n) is 3.71. The van der Waals surface area contributed by atoms with E-state index in [-0.39, 0.29) is 78.3 Å². The van der Waals surface area contributed by atoms with Crippen molar-refractivity contribution in [3.05, 3.63) is 0 Å². The van der Waals surface area contributed by atoms with Gasteiger partial charge in [-0.1, -0.05) is 0 Å². The van der Waals surface area contributed by atoms with Crippen LogP contribution in [0.5, 0.6) is 0 Å². The van der Waals surface area contributed by atoms with Crippen molar-refractivity contribution >= 4 is 45.5 Å². The summed E-state index contributed by atoms with van der Waals surface area (Å²) in [5.74, 6) is 0. The molecule has 6 nitrogen and oxygen atoms in total. The van der Waals surface area contributed by atoms with E-state index in [1.165, 1.54) is 0 Å². The third kappa shape index (κ3) is 129. The summed E-state index contributed by atoms with van der Waals surface area (Å²) in [4.78, 5) is 0. The van der Waals surface area contributed by atoms with Gasteiger partial charge in [0.2, 0.25) is 0 Å². The molecule has 0 saturated carbocycles. The van der Waals surface area contributed by atoms with Crippen LogP contribution in [0, 0.1) is 0 Å². The van der Waals surface area contributed by atoms with Crippen molar-refractivity contribution in [1.29, 1.82) is 0 Å². The molecule has 12 N–H and O–H groups in total. The van der Waals surface area contributed by atoms with Crippen LogP contribution in [0.15, 0.2) is 0 Å². The molecule has 0 saturated heterocycles. The molecule has 0 aromatic rings. The van der Waals surface area contributed by atoms with E-state index in [9.17, 15) is 0 Å². The molecule has 7 heavy (non-hydrogen) atoms. The van der Waals surface area contributed by atoms with Crippen molar-refractivity contribution in [3.63, 3.8) is 0 Å². The van der Waals surface area contributed by atoms with Gasteiger partial charge in [-0.2, -0.15) is 0 Å². The molecule has 50 valence electrons. The van der Waals surface area contributed by atoms with Crippen molar-refractivity contribution in [1.82, 2.24) is 0 Å². The van der Waals surface area contributed by atoms with Gasteiger partial charge < -0.3 is 32.9 Å². The maximum absolute atomic E-state index is 0. The van der Waals surface area contributed by atoms with Gasteiger partial charge >= 0.3 is 0 Å². The molecule has 7 heteroatoms. The summed E-state index contributed by atoms with van der Waals surface area (Å²) in [6.45, 7) is 0. The van der Waals surface area contributed by atoms with Crippen molar-refractivity contribution < 1.29 is 32.9 Å². The molecule has 0 bridgehead atoms. The Labute approximate surface area is 77.6 Å². The molecule has 0 aliphatic rings. The second-order valence-electron chi connectivity index (χ2n) is 0. The Morgan fingerprint density at radius 1 is 0.286 bits per heavy atom. The van der Waals surface area contributed by atoms with Crippen LogP contribution in [-0.2, 0) is 0 Å². The molecule has 0 spiro atoms. The number of hydrogen-bond donors (Lipinski definition) is 0. The Morgan fingerprint density at radius 3 is 0.286 bits per heavy atom. The Balaban J connectivity index is 0. The first kappa shape index (κ1) is 281. The Morgan fingerprint density at radius 2 is 0.286 bits per heavy atom. The molecular weight excluding hydrogens is 184 g/mol. The molecule has 0 amide bonds. The first-order valence-corrected chi connectivity index (χ1v) is 0. The summed E-state index contributed by atoms with van der Waals surface area (Å²) in [5.41, 5.74) is 0. The summed E-state index contributed by atoms with van der Waals surface area (Å²) in [6, 6.07) is 0. The first-order valence-electron chi connectivity index (χ1n) is 0. The van der Waals surface area contributed by atoms with Gasteiger partial charge in [0, 0.05) is 45.5 Å². The zero-order chi connectivity index (χ0) is 0. The van der Waals surface area contributed by atoms with Gasteiger partial charge in [-0.05, 0) is 0 Å². The molecule has 0 aliphatic heterocycles. The quantitative estimate of drug-likeness (QED) is 0.334. The maximum Gasteiger partial charge on any atom is 0 e. The van der Waals surface area contributed by atoms with E-state index in [1.807, 2.05) is 0 Å². The fourth-order valence-electron chi connectivity index (χ4n) is 0. The van der Waals surface area contributed by atoms with Crippen LogP contribution in [0.25, 0.3) is 0 Å². The normalized spacial score (nSPS) is 0. The average molecular weight is 196 g/mol. The van der Waals surface area contributed by atoms with Crippen molar-refractivity contribution in [2.24, 2.45) is 0 Å². The van der Waals surface area contributed by atoms with Crippen molar-refractivity contribution in [3.8, 4) is 0 Å². The molecule has 0 heterocycles. The van der Waals surface area contributed by atoms with E-state index in [0.29, 0.717) is 0 Å². The van der Waals surface area contributed by atoms with Crippen LogP contribution in [0.1, 0.15) is 0 Å². The van der Waals surface area contributed by atoms with Crippen LogP contribution in [-0.4, -0.2) is 78.3 Å². The summed E-state index contributed by atoms with van der Waals surface area (Å²) < 4.78 is 0. The molecule has 0 rings (SSSR count). The standard InChI is InChI=1S/6H2O.Sr/h6*1H2;. The number of hydrogen-bond acceptors (Lipinski definition) is 0. The van der Waals surface area contributed by atoms with Gasteiger partial charge in [0.1, 0.15) is 0 Å². The zero-order valence-corrected chi connectivity index (χ0v) is 7.18. The van der Waals surface area contributed by atoms with Gasteiger partial charge in [-0.25, -0.2) is 0 Å². The largest absolute Gasteiger partial charge is 0.412 e. The third-order valence-electron chi connectivity index (χ3n) is 0. The van der Waals surface area contributed by atoms with Gasteiger partial charge in [0.25, 0.3) is 0 Å². The van der Waals surface area contributed by atoms with Crippen LogP contribution in [0.3, 0.4) is 0 Å². The first-order chi connectivity index (χ1) is 0. The molecule has 0 aromatic heterocycles. The van der Waals surface area contributed by atoms with E-state index in [2.05, 4.69) is 0 Å². The monoisotopic (exact) mass is 196 g/mol. The second kappa shape index (κ2) is 183. The fraction of sp³-hybridized carbons (Fsp3) is 0. The summed E-state index contributed by atoms with van der Waals surface area (Å²) >= 11 is 0. The van der Waals surface area contributed by atoms with Gasteiger partial charge in [-0.15, -0.1) is 0 Å². The Bertz CT molecular complexity index is 4.14. The van der Waals surface area contributed by atoms with Crippen LogP contribution in [0.2, 0.25) is 0 Å². The van der Waals surface area contributed by atoms with Gasteiger partial charge in [0.15, 0.2) is 0 Å². The Hall–Kier alpha value is 1.24. The molecule has 0 atom stereocenters. The van der Waals surface area contributed by atoms with Crippen LogP contribution >= 0.6 is 0 Å². The van der Waals surface area contributed by atoms with Crippen LogP contribution in [0.4, 0.5) is 0 Å². The minimum atomic E-state index is 0.